The largest absolute Gasteiger partial charge is 0.493 e. The summed E-state index contributed by atoms with van der Waals surface area (Å²) in [4.78, 5) is 49.5. The van der Waals surface area contributed by atoms with Crippen LogP contribution >= 0.6 is 0 Å². The molecule has 0 bridgehead atoms. The summed E-state index contributed by atoms with van der Waals surface area (Å²) in [5.74, 6) is -0.288. The first kappa shape index (κ1) is 27.1. The Hall–Kier alpha value is -4.44. The Bertz CT molecular complexity index is 1400. The molecule has 208 valence electrons. The van der Waals surface area contributed by atoms with Crippen LogP contribution in [0.15, 0.2) is 60.9 Å². The van der Waals surface area contributed by atoms with Crippen molar-refractivity contribution in [1.82, 2.24) is 14.8 Å². The van der Waals surface area contributed by atoms with E-state index in [0.717, 1.165) is 44.0 Å². The number of ether oxygens (including phenoxy) is 2. The van der Waals surface area contributed by atoms with Gasteiger partial charge in [0.05, 0.1) is 37.1 Å². The van der Waals surface area contributed by atoms with Crippen LogP contribution in [-0.2, 0) is 11.3 Å². The Morgan fingerprint density at radius 1 is 0.975 bits per heavy atom. The van der Waals surface area contributed by atoms with Gasteiger partial charge in [-0.3, -0.25) is 29.2 Å². The first-order valence-corrected chi connectivity index (χ1v) is 13.3. The zero-order valence-electron chi connectivity index (χ0n) is 22.7. The topological polar surface area (TPSA) is 118 Å². The van der Waals surface area contributed by atoms with E-state index in [1.165, 1.54) is 19.1 Å². The molecule has 2 aliphatic rings. The molecule has 10 heteroatoms. The number of piperazine rings is 1. The number of hydrogen-bond acceptors (Lipinski definition) is 8. The van der Waals surface area contributed by atoms with Gasteiger partial charge in [0.2, 0.25) is 5.91 Å². The zero-order valence-corrected chi connectivity index (χ0v) is 22.7. The Kier molecular flexibility index (Phi) is 7.97. The quantitative estimate of drug-likeness (QED) is 0.388. The highest BCUT2D eigenvalue weighted by Gasteiger charge is 2.43. The minimum atomic E-state index is -0.705. The molecular weight excluding hydrogens is 510 g/mol. The normalized spacial score (nSPS) is 16.1. The number of rotatable bonds is 10. The summed E-state index contributed by atoms with van der Waals surface area (Å²) in [6.07, 6.45) is 3.85. The van der Waals surface area contributed by atoms with E-state index in [9.17, 15) is 14.4 Å². The summed E-state index contributed by atoms with van der Waals surface area (Å²) < 4.78 is 10.8. The van der Waals surface area contributed by atoms with E-state index in [0.29, 0.717) is 28.2 Å². The van der Waals surface area contributed by atoms with Crippen molar-refractivity contribution in [3.63, 3.8) is 0 Å². The monoisotopic (exact) mass is 543 g/mol. The molecule has 0 saturated carbocycles. The van der Waals surface area contributed by atoms with Gasteiger partial charge in [-0.1, -0.05) is 18.2 Å². The molecule has 5 rings (SSSR count). The van der Waals surface area contributed by atoms with Crippen LogP contribution in [-0.4, -0.2) is 72.9 Å². The number of anilines is 1. The number of amides is 3. The fourth-order valence-electron chi connectivity index (χ4n) is 5.51. The van der Waals surface area contributed by atoms with Gasteiger partial charge in [0, 0.05) is 51.5 Å². The third kappa shape index (κ3) is 5.35. The Morgan fingerprint density at radius 2 is 1.75 bits per heavy atom. The maximum Gasteiger partial charge on any atom is 0.264 e. The van der Waals surface area contributed by atoms with E-state index in [4.69, 9.17) is 15.2 Å². The van der Waals surface area contributed by atoms with Crippen LogP contribution in [0.4, 0.5) is 5.69 Å². The molecule has 2 N–H and O–H groups in total. The Morgan fingerprint density at radius 3 is 2.42 bits per heavy atom. The van der Waals surface area contributed by atoms with Crippen LogP contribution in [0.1, 0.15) is 50.7 Å². The summed E-state index contributed by atoms with van der Waals surface area (Å²) in [5, 5.41) is 0. The molecule has 3 aromatic rings. The second-order valence-electron chi connectivity index (χ2n) is 9.94. The zero-order chi connectivity index (χ0) is 28.2. The fourth-order valence-corrected chi connectivity index (χ4v) is 5.51. The number of fused-ring (bicyclic) bond motifs is 1. The number of carbonyl (C=O) groups is 3. The lowest BCUT2D eigenvalue weighted by molar-refractivity contribution is -0.118. The first-order chi connectivity index (χ1) is 19.4. The minimum absolute atomic E-state index is 0.0121. The van der Waals surface area contributed by atoms with Crippen molar-refractivity contribution in [2.24, 2.45) is 5.73 Å². The molecule has 0 aliphatic carbocycles. The van der Waals surface area contributed by atoms with Crippen LogP contribution in [0.25, 0.3) is 0 Å². The number of benzene rings is 2. The average molecular weight is 544 g/mol. The summed E-state index contributed by atoms with van der Waals surface area (Å²) in [5.41, 5.74) is 8.79. The standard InChI is InChI=1S/C30H33N5O5/c1-39-25-10-8-21(17-26(25)40-2)23(9-11-27(31)36)35-29(37)22-6-3-7-24(28(22)30(35)38)34-15-13-33(14-16-34)19-20-5-4-12-32-18-20/h3-8,10,12,17-18,23H,9,11,13-16,19H2,1-2H3,(H2,31,36). The number of aromatic nitrogens is 1. The molecule has 2 aromatic carbocycles. The molecule has 0 radical (unpaired) electrons. The number of hydrogen-bond donors (Lipinski definition) is 1. The lowest BCUT2D eigenvalue weighted by Gasteiger charge is -2.36. The van der Waals surface area contributed by atoms with Crippen molar-refractivity contribution in [3.05, 3.63) is 83.2 Å². The highest BCUT2D eigenvalue weighted by atomic mass is 16.5. The van der Waals surface area contributed by atoms with Crippen LogP contribution in [0.3, 0.4) is 0 Å². The summed E-state index contributed by atoms with van der Waals surface area (Å²) in [6, 6.07) is 13.9. The van der Waals surface area contributed by atoms with Gasteiger partial charge >= 0.3 is 0 Å². The smallest absolute Gasteiger partial charge is 0.264 e. The van der Waals surface area contributed by atoms with Crippen LogP contribution in [0.2, 0.25) is 0 Å². The maximum absolute atomic E-state index is 14.0. The molecule has 1 atom stereocenters. The predicted octanol–water partition coefficient (Wildman–Crippen LogP) is 3.02. The van der Waals surface area contributed by atoms with Gasteiger partial charge in [0.25, 0.3) is 11.8 Å². The van der Waals surface area contributed by atoms with E-state index in [2.05, 4.69) is 20.9 Å². The van der Waals surface area contributed by atoms with Gasteiger partial charge in [0.1, 0.15) is 0 Å². The number of imide groups is 1. The molecule has 3 heterocycles. The lowest BCUT2D eigenvalue weighted by atomic mass is 9.99. The first-order valence-electron chi connectivity index (χ1n) is 13.3. The number of methoxy groups -OCH3 is 2. The number of nitrogens with zero attached hydrogens (tertiary/aromatic N) is 4. The average Bonchev–Trinajstić information content (AvgIpc) is 3.23. The molecular formula is C30H33N5O5. The molecule has 2 aliphatic heterocycles. The van der Waals surface area contributed by atoms with Crippen LogP contribution in [0.5, 0.6) is 11.5 Å². The molecule has 1 unspecified atom stereocenters. The van der Waals surface area contributed by atoms with E-state index in [1.807, 2.05) is 24.4 Å². The molecule has 1 fully saturated rings. The number of carbonyl (C=O) groups excluding carboxylic acids is 3. The second kappa shape index (κ2) is 11.7. The van der Waals surface area contributed by atoms with Crippen LogP contribution in [0, 0.1) is 0 Å². The van der Waals surface area contributed by atoms with Crippen molar-refractivity contribution in [3.8, 4) is 11.5 Å². The molecule has 3 amide bonds. The van der Waals surface area contributed by atoms with Crippen LogP contribution < -0.4 is 20.1 Å². The Labute approximate surface area is 233 Å². The second-order valence-corrected chi connectivity index (χ2v) is 9.94. The van der Waals surface area contributed by atoms with E-state index in [1.54, 1.807) is 30.5 Å². The number of pyridine rings is 1. The highest BCUT2D eigenvalue weighted by Crippen LogP contribution is 2.40. The minimum Gasteiger partial charge on any atom is -0.493 e. The number of primary amides is 1. The summed E-state index contributed by atoms with van der Waals surface area (Å²) in [7, 11) is 3.05. The third-order valence-electron chi connectivity index (χ3n) is 7.53. The third-order valence-corrected chi connectivity index (χ3v) is 7.53. The van der Waals surface area contributed by atoms with Gasteiger partial charge in [0.15, 0.2) is 11.5 Å². The van der Waals surface area contributed by atoms with E-state index in [-0.39, 0.29) is 24.7 Å². The van der Waals surface area contributed by atoms with Gasteiger partial charge < -0.3 is 20.1 Å². The lowest BCUT2D eigenvalue weighted by Crippen LogP contribution is -2.46. The molecule has 10 nitrogen and oxygen atoms in total. The molecule has 1 aromatic heterocycles. The fraction of sp³-hybridized carbons (Fsp3) is 0.333. The van der Waals surface area contributed by atoms with E-state index < -0.39 is 11.9 Å². The van der Waals surface area contributed by atoms with Gasteiger partial charge in [-0.2, -0.15) is 0 Å². The van der Waals surface area contributed by atoms with Crippen molar-refractivity contribution in [2.75, 3.05) is 45.3 Å². The summed E-state index contributed by atoms with van der Waals surface area (Å²) >= 11 is 0. The van der Waals surface area contributed by atoms with Crippen molar-refractivity contribution < 1.29 is 23.9 Å². The van der Waals surface area contributed by atoms with Gasteiger partial charge in [-0.05, 0) is 47.9 Å². The molecule has 40 heavy (non-hydrogen) atoms. The van der Waals surface area contributed by atoms with Gasteiger partial charge in [-0.15, -0.1) is 0 Å². The van der Waals surface area contributed by atoms with E-state index >= 15 is 0 Å². The Balaban J connectivity index is 1.41. The molecule has 0 spiro atoms. The van der Waals surface area contributed by atoms with Crippen molar-refractivity contribution in [1.29, 1.82) is 0 Å². The predicted molar refractivity (Wildman–Crippen MR) is 149 cm³/mol. The van der Waals surface area contributed by atoms with Crippen molar-refractivity contribution >= 4 is 23.4 Å². The SMILES string of the molecule is COc1ccc(C(CCC(N)=O)N2C(=O)c3cccc(N4CCN(Cc5cccnc5)CC4)c3C2=O)cc1OC. The highest BCUT2D eigenvalue weighted by molar-refractivity contribution is 6.24. The van der Waals surface area contributed by atoms with Crippen molar-refractivity contribution in [2.45, 2.75) is 25.4 Å². The summed E-state index contributed by atoms with van der Waals surface area (Å²) in [6.45, 7) is 3.89. The number of nitrogens with two attached hydrogens (primary N) is 1. The van der Waals surface area contributed by atoms with Gasteiger partial charge in [-0.25, -0.2) is 0 Å². The molecule has 1 saturated heterocycles. The maximum atomic E-state index is 14.0.